The van der Waals surface area contributed by atoms with Gasteiger partial charge in [-0.05, 0) is 49.9 Å². The molecule has 4 nitrogen and oxygen atoms in total. The molecule has 0 atom stereocenters. The van der Waals surface area contributed by atoms with Gasteiger partial charge in [-0.1, -0.05) is 0 Å². The predicted octanol–water partition coefficient (Wildman–Crippen LogP) is 3.22. The van der Waals surface area contributed by atoms with Crippen LogP contribution in [0.5, 0.6) is 5.75 Å². The van der Waals surface area contributed by atoms with Crippen molar-refractivity contribution in [3.05, 3.63) is 24.3 Å². The Morgan fingerprint density at radius 1 is 1.22 bits per heavy atom. The zero-order valence-corrected chi connectivity index (χ0v) is 9.93. The highest BCUT2D eigenvalue weighted by Gasteiger charge is 2.23. The van der Waals surface area contributed by atoms with Crippen LogP contribution in [0.15, 0.2) is 24.3 Å². The summed E-state index contributed by atoms with van der Waals surface area (Å²) >= 11 is 0. The van der Waals surface area contributed by atoms with Gasteiger partial charge in [0, 0.05) is 5.69 Å². The molecular formula is C13H16FNO3. The lowest BCUT2D eigenvalue weighted by atomic mass is 9.96. The number of ether oxygens (including phenoxy) is 1. The maximum absolute atomic E-state index is 12.9. The van der Waals surface area contributed by atoms with Crippen molar-refractivity contribution in [2.75, 3.05) is 5.32 Å². The second-order valence-electron chi connectivity index (χ2n) is 4.45. The number of nitrogens with one attached hydrogen (secondary N) is 1. The van der Waals surface area contributed by atoms with E-state index in [0.29, 0.717) is 31.4 Å². The van der Waals surface area contributed by atoms with Crippen LogP contribution < -0.4 is 5.32 Å². The van der Waals surface area contributed by atoms with Crippen LogP contribution in [0.1, 0.15) is 25.7 Å². The van der Waals surface area contributed by atoms with Gasteiger partial charge < -0.3 is 9.84 Å². The Balaban J connectivity index is 1.80. The van der Waals surface area contributed by atoms with E-state index in [-0.39, 0.29) is 11.9 Å². The molecule has 1 amide bonds. The van der Waals surface area contributed by atoms with Crippen molar-refractivity contribution in [2.24, 2.45) is 0 Å². The first-order valence-electron chi connectivity index (χ1n) is 6.04. The van der Waals surface area contributed by atoms with E-state index in [0.717, 1.165) is 0 Å². The van der Waals surface area contributed by atoms with Crippen molar-refractivity contribution in [3.8, 4) is 5.75 Å². The van der Waals surface area contributed by atoms with E-state index in [1.54, 1.807) is 12.1 Å². The van der Waals surface area contributed by atoms with Gasteiger partial charge in [-0.3, -0.25) is 5.32 Å². The van der Waals surface area contributed by atoms with Crippen molar-refractivity contribution >= 4 is 11.8 Å². The molecule has 1 fully saturated rings. The Morgan fingerprint density at radius 3 is 2.44 bits per heavy atom. The third-order valence-electron chi connectivity index (χ3n) is 2.99. The van der Waals surface area contributed by atoms with Crippen LogP contribution in [-0.4, -0.2) is 23.5 Å². The second kappa shape index (κ2) is 5.71. The number of amides is 1. The molecule has 0 spiro atoms. The van der Waals surface area contributed by atoms with Gasteiger partial charge >= 0.3 is 6.09 Å². The quantitative estimate of drug-likeness (QED) is 0.795. The molecule has 2 N–H and O–H groups in total. The average Bonchev–Trinajstić information content (AvgIpc) is 2.35. The normalized spacial score (nSPS) is 23.4. The summed E-state index contributed by atoms with van der Waals surface area (Å²) in [5, 5.41) is 11.7. The highest BCUT2D eigenvalue weighted by molar-refractivity contribution is 5.84. The molecule has 1 aliphatic rings. The molecule has 18 heavy (non-hydrogen) atoms. The number of phenols is 1. The van der Waals surface area contributed by atoms with Crippen LogP contribution in [0, 0.1) is 0 Å². The summed E-state index contributed by atoms with van der Waals surface area (Å²) in [4.78, 5) is 11.6. The minimum atomic E-state index is -0.759. The molecule has 1 aromatic carbocycles. The Labute approximate surface area is 105 Å². The van der Waals surface area contributed by atoms with Gasteiger partial charge in [-0.15, -0.1) is 0 Å². The standard InChI is InChI=1S/C13H16FNO3/c14-9-1-7-12(8-2-9)18-13(17)15-10-3-5-11(16)6-4-10/h3-6,9,12,16H,1-2,7-8H2,(H,15,17). The van der Waals surface area contributed by atoms with Crippen LogP contribution in [0.3, 0.4) is 0 Å². The summed E-state index contributed by atoms with van der Waals surface area (Å²) in [6.45, 7) is 0. The number of alkyl halides is 1. The number of hydrogen-bond donors (Lipinski definition) is 2. The molecule has 0 bridgehead atoms. The van der Waals surface area contributed by atoms with Gasteiger partial charge in [-0.2, -0.15) is 0 Å². The fourth-order valence-corrected chi connectivity index (χ4v) is 1.98. The average molecular weight is 253 g/mol. The highest BCUT2D eigenvalue weighted by atomic mass is 19.1. The molecule has 0 unspecified atom stereocenters. The molecule has 0 radical (unpaired) electrons. The number of hydrogen-bond acceptors (Lipinski definition) is 3. The van der Waals surface area contributed by atoms with Gasteiger partial charge in [0.15, 0.2) is 0 Å². The highest BCUT2D eigenvalue weighted by Crippen LogP contribution is 2.23. The number of phenolic OH excluding ortho intramolecular Hbond substituents is 1. The van der Waals surface area contributed by atoms with Crippen molar-refractivity contribution < 1.29 is 19.0 Å². The van der Waals surface area contributed by atoms with Crippen LogP contribution >= 0.6 is 0 Å². The molecule has 1 aliphatic carbocycles. The Hall–Kier alpha value is -1.78. The molecule has 98 valence electrons. The van der Waals surface area contributed by atoms with Crippen molar-refractivity contribution in [3.63, 3.8) is 0 Å². The molecule has 2 rings (SSSR count). The number of anilines is 1. The van der Waals surface area contributed by atoms with Crippen LogP contribution in [0.4, 0.5) is 14.9 Å². The number of carbonyl (C=O) groups excluding carboxylic acids is 1. The summed E-state index contributed by atoms with van der Waals surface area (Å²) in [6.07, 6.45) is 0.560. The topological polar surface area (TPSA) is 58.6 Å². The van der Waals surface area contributed by atoms with Crippen molar-refractivity contribution in [2.45, 2.75) is 38.0 Å². The summed E-state index contributed by atoms with van der Waals surface area (Å²) in [5.74, 6) is 0.134. The summed E-state index contributed by atoms with van der Waals surface area (Å²) < 4.78 is 18.1. The van der Waals surface area contributed by atoms with Gasteiger partial charge in [0.2, 0.25) is 0 Å². The first-order chi connectivity index (χ1) is 8.63. The minimum Gasteiger partial charge on any atom is -0.508 e. The van der Waals surface area contributed by atoms with E-state index >= 15 is 0 Å². The summed E-state index contributed by atoms with van der Waals surface area (Å²) in [7, 11) is 0. The largest absolute Gasteiger partial charge is 0.508 e. The Kier molecular flexibility index (Phi) is 4.02. The third-order valence-corrected chi connectivity index (χ3v) is 2.99. The molecule has 1 saturated carbocycles. The van der Waals surface area contributed by atoms with E-state index in [1.807, 2.05) is 0 Å². The third kappa shape index (κ3) is 3.61. The zero-order chi connectivity index (χ0) is 13.0. The number of benzene rings is 1. The van der Waals surface area contributed by atoms with E-state index in [2.05, 4.69) is 5.32 Å². The Morgan fingerprint density at radius 2 is 1.83 bits per heavy atom. The summed E-state index contributed by atoms with van der Waals surface area (Å²) in [6, 6.07) is 6.11. The van der Waals surface area contributed by atoms with E-state index in [9.17, 15) is 9.18 Å². The van der Waals surface area contributed by atoms with Crippen LogP contribution in [0.25, 0.3) is 0 Å². The minimum absolute atomic E-state index is 0.134. The second-order valence-corrected chi connectivity index (χ2v) is 4.45. The number of carbonyl (C=O) groups is 1. The van der Waals surface area contributed by atoms with Gasteiger partial charge in [0.1, 0.15) is 18.0 Å². The van der Waals surface area contributed by atoms with Crippen molar-refractivity contribution in [1.82, 2.24) is 0 Å². The first kappa shape index (κ1) is 12.7. The molecular weight excluding hydrogens is 237 g/mol. The lowest BCUT2D eigenvalue weighted by Crippen LogP contribution is -2.27. The zero-order valence-electron chi connectivity index (χ0n) is 9.93. The van der Waals surface area contributed by atoms with E-state index in [4.69, 9.17) is 9.84 Å². The monoisotopic (exact) mass is 253 g/mol. The van der Waals surface area contributed by atoms with Gasteiger partial charge in [0.25, 0.3) is 0 Å². The molecule has 1 aromatic rings. The number of rotatable bonds is 2. The maximum Gasteiger partial charge on any atom is 0.411 e. The molecule has 0 heterocycles. The number of halogens is 1. The lowest BCUT2D eigenvalue weighted by molar-refractivity contribution is 0.0663. The SMILES string of the molecule is O=C(Nc1ccc(O)cc1)OC1CCC(F)CC1. The maximum atomic E-state index is 12.9. The van der Waals surface area contributed by atoms with Crippen LogP contribution in [0.2, 0.25) is 0 Å². The molecule has 0 saturated heterocycles. The first-order valence-corrected chi connectivity index (χ1v) is 6.04. The fourth-order valence-electron chi connectivity index (χ4n) is 1.98. The predicted molar refractivity (Wildman–Crippen MR) is 65.4 cm³/mol. The molecule has 5 heteroatoms. The summed E-state index contributed by atoms with van der Waals surface area (Å²) in [5.41, 5.74) is 0.553. The van der Waals surface area contributed by atoms with Gasteiger partial charge in [0.05, 0.1) is 0 Å². The molecule has 0 aliphatic heterocycles. The van der Waals surface area contributed by atoms with E-state index in [1.165, 1.54) is 12.1 Å². The number of aromatic hydroxyl groups is 1. The lowest BCUT2D eigenvalue weighted by Gasteiger charge is -2.24. The smallest absolute Gasteiger partial charge is 0.411 e. The van der Waals surface area contributed by atoms with Crippen molar-refractivity contribution in [1.29, 1.82) is 0 Å². The van der Waals surface area contributed by atoms with Crippen LogP contribution in [-0.2, 0) is 4.74 Å². The fraction of sp³-hybridized carbons (Fsp3) is 0.462. The Bertz CT molecular complexity index is 399. The molecule has 0 aromatic heterocycles. The van der Waals surface area contributed by atoms with Gasteiger partial charge in [-0.25, -0.2) is 9.18 Å². The van der Waals surface area contributed by atoms with E-state index < -0.39 is 12.3 Å².